The molecule has 24 heavy (non-hydrogen) atoms. The summed E-state index contributed by atoms with van der Waals surface area (Å²) in [5.74, 6) is -1.42. The molecule has 1 aliphatic rings. The summed E-state index contributed by atoms with van der Waals surface area (Å²) in [7, 11) is 0. The number of rotatable bonds is 4. The highest BCUT2D eigenvalue weighted by atomic mass is 32.1. The number of Topliss-reactive ketones (excluding diaryl/α,β-unsaturated/α-hetero) is 1. The number of aromatic carboxylic acids is 1. The van der Waals surface area contributed by atoms with Crippen molar-refractivity contribution in [2.24, 2.45) is 5.92 Å². The number of carbonyl (C=O) groups excluding carboxylic acids is 2. The Bertz CT molecular complexity index is 810. The number of ketones is 1. The predicted octanol–water partition coefficient (Wildman–Crippen LogP) is 3.39. The Labute approximate surface area is 143 Å². The first-order chi connectivity index (χ1) is 11.5. The number of fused-ring (bicyclic) bond motifs is 1. The van der Waals surface area contributed by atoms with Crippen LogP contribution in [0.15, 0.2) is 30.3 Å². The lowest BCUT2D eigenvalue weighted by atomic mass is 9.82. The van der Waals surface area contributed by atoms with E-state index in [1.54, 1.807) is 0 Å². The van der Waals surface area contributed by atoms with Gasteiger partial charge in [0.1, 0.15) is 5.00 Å². The fraction of sp³-hybridized carbons (Fsp3) is 0.278. The fourth-order valence-corrected chi connectivity index (χ4v) is 4.38. The Kier molecular flexibility index (Phi) is 4.49. The molecule has 1 heterocycles. The lowest BCUT2D eigenvalue weighted by Gasteiger charge is -2.21. The third-order valence-electron chi connectivity index (χ3n) is 4.10. The van der Waals surface area contributed by atoms with Gasteiger partial charge in [-0.2, -0.15) is 0 Å². The van der Waals surface area contributed by atoms with Crippen LogP contribution < -0.4 is 5.32 Å². The van der Waals surface area contributed by atoms with Crippen LogP contribution in [0.4, 0.5) is 5.00 Å². The summed E-state index contributed by atoms with van der Waals surface area (Å²) < 4.78 is 0. The summed E-state index contributed by atoms with van der Waals surface area (Å²) in [4.78, 5) is 35.9. The lowest BCUT2D eigenvalue weighted by Crippen LogP contribution is -2.22. The van der Waals surface area contributed by atoms with Crippen LogP contribution in [0.2, 0.25) is 0 Å². The first-order valence-corrected chi connectivity index (χ1v) is 8.51. The molecule has 3 rings (SSSR count). The molecule has 1 aliphatic carbocycles. The molecule has 1 amide bonds. The highest BCUT2D eigenvalue weighted by molar-refractivity contribution is 7.18. The van der Waals surface area contributed by atoms with Gasteiger partial charge in [-0.05, 0) is 29.9 Å². The number of hydrogen-bond acceptors (Lipinski definition) is 4. The van der Waals surface area contributed by atoms with Crippen LogP contribution in [0.5, 0.6) is 0 Å². The molecule has 0 bridgehead atoms. The monoisotopic (exact) mass is 343 g/mol. The second kappa shape index (κ2) is 6.57. The molecular weight excluding hydrogens is 326 g/mol. The van der Waals surface area contributed by atoms with Crippen molar-refractivity contribution in [2.75, 3.05) is 5.32 Å². The van der Waals surface area contributed by atoms with E-state index in [0.29, 0.717) is 23.3 Å². The van der Waals surface area contributed by atoms with Gasteiger partial charge in [-0.15, -0.1) is 11.3 Å². The molecule has 0 fully saturated rings. The standard InChI is InChI=1S/C18H17NO4S/c1-10(20)19-17-15(18(22)23)13-8-12(9-14(21)16(13)24-17)7-11-5-3-2-4-6-11/h2-6,12H,7-9H2,1H3,(H,19,20)(H,22,23). The van der Waals surface area contributed by atoms with Crippen molar-refractivity contribution < 1.29 is 19.5 Å². The van der Waals surface area contributed by atoms with Gasteiger partial charge >= 0.3 is 5.97 Å². The molecule has 0 saturated carbocycles. The molecule has 0 aliphatic heterocycles. The molecule has 2 aromatic rings. The number of thiophene rings is 1. The fourth-order valence-electron chi connectivity index (χ4n) is 3.17. The van der Waals surface area contributed by atoms with Gasteiger partial charge in [0.15, 0.2) is 5.78 Å². The molecule has 6 heteroatoms. The molecule has 0 radical (unpaired) electrons. The summed E-state index contributed by atoms with van der Waals surface area (Å²) in [6, 6.07) is 9.86. The van der Waals surface area contributed by atoms with E-state index < -0.39 is 5.97 Å². The molecule has 124 valence electrons. The molecular formula is C18H17NO4S. The Morgan fingerprint density at radius 1 is 1.25 bits per heavy atom. The van der Waals surface area contributed by atoms with Gasteiger partial charge < -0.3 is 10.4 Å². The van der Waals surface area contributed by atoms with Crippen molar-refractivity contribution in [2.45, 2.75) is 26.2 Å². The first kappa shape index (κ1) is 16.4. The largest absolute Gasteiger partial charge is 0.478 e. The van der Waals surface area contributed by atoms with Gasteiger partial charge in [0.05, 0.1) is 10.4 Å². The highest BCUT2D eigenvalue weighted by Gasteiger charge is 2.33. The topological polar surface area (TPSA) is 83.5 Å². The second-order valence-corrected chi connectivity index (χ2v) is 7.01. The number of hydrogen-bond donors (Lipinski definition) is 2. The Hall–Kier alpha value is -2.47. The SMILES string of the molecule is CC(=O)Nc1sc2c(c1C(=O)O)CC(Cc1ccccc1)CC2=O. The van der Waals surface area contributed by atoms with Crippen molar-refractivity contribution in [1.29, 1.82) is 0 Å². The zero-order valence-electron chi connectivity index (χ0n) is 13.2. The van der Waals surface area contributed by atoms with Gasteiger partial charge in [-0.1, -0.05) is 30.3 Å². The molecule has 1 aromatic carbocycles. The Balaban J connectivity index is 1.94. The van der Waals surface area contributed by atoms with Crippen LogP contribution in [0, 0.1) is 5.92 Å². The van der Waals surface area contributed by atoms with Crippen LogP contribution >= 0.6 is 11.3 Å². The van der Waals surface area contributed by atoms with Gasteiger partial charge in [0.2, 0.25) is 5.91 Å². The number of benzene rings is 1. The quantitative estimate of drug-likeness (QED) is 0.891. The van der Waals surface area contributed by atoms with E-state index in [1.807, 2.05) is 30.3 Å². The molecule has 5 nitrogen and oxygen atoms in total. The van der Waals surface area contributed by atoms with E-state index in [0.717, 1.165) is 23.3 Å². The van der Waals surface area contributed by atoms with Gasteiger partial charge in [0.25, 0.3) is 0 Å². The van der Waals surface area contributed by atoms with Crippen molar-refractivity contribution in [3.8, 4) is 0 Å². The van der Waals surface area contributed by atoms with Crippen molar-refractivity contribution >= 4 is 34.0 Å². The van der Waals surface area contributed by atoms with Gasteiger partial charge in [-0.3, -0.25) is 9.59 Å². The summed E-state index contributed by atoms with van der Waals surface area (Å²) >= 11 is 1.07. The predicted molar refractivity (Wildman–Crippen MR) is 91.9 cm³/mol. The summed E-state index contributed by atoms with van der Waals surface area (Å²) in [5, 5.41) is 12.3. The summed E-state index contributed by atoms with van der Waals surface area (Å²) in [5.41, 5.74) is 1.76. The maximum atomic E-state index is 12.5. The Morgan fingerprint density at radius 3 is 2.58 bits per heavy atom. The third kappa shape index (κ3) is 3.23. The Morgan fingerprint density at radius 2 is 1.96 bits per heavy atom. The molecule has 2 N–H and O–H groups in total. The smallest absolute Gasteiger partial charge is 0.339 e. The number of anilines is 1. The van der Waals surface area contributed by atoms with Crippen LogP contribution in [0.3, 0.4) is 0 Å². The average Bonchev–Trinajstić information content (AvgIpc) is 2.86. The molecule has 1 aromatic heterocycles. The second-order valence-electron chi connectivity index (χ2n) is 5.99. The number of amides is 1. The van der Waals surface area contributed by atoms with E-state index in [2.05, 4.69) is 5.32 Å². The lowest BCUT2D eigenvalue weighted by molar-refractivity contribution is -0.114. The summed E-state index contributed by atoms with van der Waals surface area (Å²) in [6.45, 7) is 1.32. The van der Waals surface area contributed by atoms with Crippen LogP contribution in [-0.2, 0) is 17.6 Å². The maximum Gasteiger partial charge on any atom is 0.339 e. The number of nitrogens with one attached hydrogen (secondary N) is 1. The zero-order chi connectivity index (χ0) is 17.3. The highest BCUT2D eigenvalue weighted by Crippen LogP contribution is 2.40. The zero-order valence-corrected chi connectivity index (χ0v) is 14.0. The van der Waals surface area contributed by atoms with E-state index in [1.165, 1.54) is 6.92 Å². The third-order valence-corrected chi connectivity index (χ3v) is 5.29. The number of carboxylic acids is 1. The molecule has 1 unspecified atom stereocenters. The van der Waals surface area contributed by atoms with Crippen LogP contribution in [0.1, 0.15) is 44.5 Å². The number of carboxylic acid groups (broad SMARTS) is 1. The van der Waals surface area contributed by atoms with Gasteiger partial charge in [-0.25, -0.2) is 4.79 Å². The van der Waals surface area contributed by atoms with Crippen LogP contribution in [0.25, 0.3) is 0 Å². The van der Waals surface area contributed by atoms with Crippen molar-refractivity contribution in [3.05, 3.63) is 51.9 Å². The van der Waals surface area contributed by atoms with Gasteiger partial charge in [0, 0.05) is 13.3 Å². The van der Waals surface area contributed by atoms with E-state index >= 15 is 0 Å². The van der Waals surface area contributed by atoms with E-state index in [9.17, 15) is 19.5 Å². The van der Waals surface area contributed by atoms with E-state index in [4.69, 9.17) is 0 Å². The molecule has 0 spiro atoms. The minimum atomic E-state index is -1.11. The van der Waals surface area contributed by atoms with Crippen molar-refractivity contribution in [3.63, 3.8) is 0 Å². The number of carbonyl (C=O) groups is 3. The minimum absolute atomic E-state index is 0.0405. The molecule has 0 saturated heterocycles. The van der Waals surface area contributed by atoms with Crippen LogP contribution in [-0.4, -0.2) is 22.8 Å². The average molecular weight is 343 g/mol. The van der Waals surface area contributed by atoms with E-state index in [-0.39, 0.29) is 28.2 Å². The normalized spacial score (nSPS) is 16.5. The van der Waals surface area contributed by atoms with Crippen molar-refractivity contribution in [1.82, 2.24) is 0 Å². The molecule has 1 atom stereocenters. The maximum absolute atomic E-state index is 12.5. The summed E-state index contributed by atoms with van der Waals surface area (Å²) in [6.07, 6.45) is 1.67. The minimum Gasteiger partial charge on any atom is -0.478 e. The first-order valence-electron chi connectivity index (χ1n) is 7.69.